The molecule has 2 rings (SSSR count). The molecular weight excluding hydrogens is 336 g/mol. The van der Waals surface area contributed by atoms with Crippen LogP contribution in [0.1, 0.15) is 40.0 Å². The Morgan fingerprint density at radius 1 is 1.38 bits per heavy atom. The predicted molar refractivity (Wildman–Crippen MR) is 99.4 cm³/mol. The van der Waals surface area contributed by atoms with Crippen molar-refractivity contribution < 1.29 is 19.2 Å². The zero-order chi connectivity index (χ0) is 19.3. The molecule has 1 fully saturated rings. The number of ether oxygens (including phenoxy) is 2. The minimum Gasteiger partial charge on any atom is -0.496 e. The van der Waals surface area contributed by atoms with E-state index >= 15 is 0 Å². The van der Waals surface area contributed by atoms with Gasteiger partial charge in [-0.05, 0) is 42.7 Å². The molecule has 1 aromatic carbocycles. The minimum absolute atomic E-state index is 0.0513. The van der Waals surface area contributed by atoms with Gasteiger partial charge in [0.2, 0.25) is 0 Å². The molecule has 26 heavy (non-hydrogen) atoms. The van der Waals surface area contributed by atoms with Gasteiger partial charge in [0, 0.05) is 0 Å². The number of hydrogen-bond acceptors (Lipinski definition) is 5. The minimum atomic E-state index is -0.545. The highest BCUT2D eigenvalue weighted by Gasteiger charge is 2.31. The average Bonchev–Trinajstić information content (AvgIpc) is 2.59. The van der Waals surface area contributed by atoms with Gasteiger partial charge in [-0.3, -0.25) is 14.9 Å². The van der Waals surface area contributed by atoms with Gasteiger partial charge in [-0.1, -0.05) is 27.2 Å². The molecule has 3 atom stereocenters. The van der Waals surface area contributed by atoms with E-state index in [2.05, 4.69) is 26.1 Å². The summed E-state index contributed by atoms with van der Waals surface area (Å²) in [5.41, 5.74) is -0.0640. The van der Waals surface area contributed by atoms with Crippen molar-refractivity contribution >= 4 is 17.3 Å². The molecule has 1 aliphatic carbocycles. The fourth-order valence-corrected chi connectivity index (χ4v) is 3.57. The van der Waals surface area contributed by atoms with Crippen LogP contribution in [0.2, 0.25) is 0 Å². The average molecular weight is 364 g/mol. The van der Waals surface area contributed by atoms with Crippen molar-refractivity contribution in [2.75, 3.05) is 19.0 Å². The summed E-state index contributed by atoms with van der Waals surface area (Å²) in [6.07, 6.45) is 3.29. The zero-order valence-corrected chi connectivity index (χ0v) is 15.9. The molecule has 7 nitrogen and oxygen atoms in total. The number of rotatable bonds is 7. The van der Waals surface area contributed by atoms with Crippen molar-refractivity contribution in [3.63, 3.8) is 0 Å². The summed E-state index contributed by atoms with van der Waals surface area (Å²) < 4.78 is 10.9. The van der Waals surface area contributed by atoms with Crippen LogP contribution in [0.4, 0.5) is 11.4 Å². The van der Waals surface area contributed by atoms with Gasteiger partial charge in [0.05, 0.1) is 24.2 Å². The first-order valence-corrected chi connectivity index (χ1v) is 9.05. The molecule has 0 aliphatic heterocycles. The summed E-state index contributed by atoms with van der Waals surface area (Å²) in [4.78, 5) is 22.9. The summed E-state index contributed by atoms with van der Waals surface area (Å²) >= 11 is 0. The first-order valence-electron chi connectivity index (χ1n) is 9.05. The number of carbonyl (C=O) groups is 1. The van der Waals surface area contributed by atoms with E-state index in [-0.39, 0.29) is 30.0 Å². The highest BCUT2D eigenvalue weighted by atomic mass is 16.6. The molecule has 1 amide bonds. The lowest BCUT2D eigenvalue weighted by Gasteiger charge is -2.37. The Kier molecular flexibility index (Phi) is 6.97. The molecule has 1 aromatic rings. The second-order valence-electron chi connectivity index (χ2n) is 7.36. The normalized spacial score (nSPS) is 22.9. The van der Waals surface area contributed by atoms with E-state index in [4.69, 9.17) is 9.47 Å². The standard InChI is InChI=1S/C19H28N2O5/c1-12(2)15-7-5-13(3)9-18(15)26-11-19(22)20-16-8-6-14(25-4)10-17(16)21(23)24/h6,8,10,12-13,15,18H,5,7,9,11H2,1-4H3,(H,20,22). The first-order chi connectivity index (χ1) is 12.3. The quantitative estimate of drug-likeness (QED) is 0.583. The summed E-state index contributed by atoms with van der Waals surface area (Å²) in [7, 11) is 1.43. The third-order valence-electron chi connectivity index (χ3n) is 5.07. The fraction of sp³-hybridized carbons (Fsp3) is 0.632. The van der Waals surface area contributed by atoms with E-state index in [1.807, 2.05) is 0 Å². The van der Waals surface area contributed by atoms with Gasteiger partial charge in [0.15, 0.2) is 0 Å². The lowest BCUT2D eigenvalue weighted by atomic mass is 9.75. The van der Waals surface area contributed by atoms with Crippen LogP contribution >= 0.6 is 0 Å². The van der Waals surface area contributed by atoms with E-state index < -0.39 is 4.92 Å². The second-order valence-corrected chi connectivity index (χ2v) is 7.36. The third-order valence-corrected chi connectivity index (χ3v) is 5.07. The van der Waals surface area contributed by atoms with Gasteiger partial charge < -0.3 is 14.8 Å². The van der Waals surface area contributed by atoms with Crippen LogP contribution in [0.15, 0.2) is 18.2 Å². The van der Waals surface area contributed by atoms with Crippen LogP contribution in [-0.4, -0.2) is 30.7 Å². The van der Waals surface area contributed by atoms with Crippen LogP contribution in [0.5, 0.6) is 5.75 Å². The molecule has 0 radical (unpaired) electrons. The number of methoxy groups -OCH3 is 1. The van der Waals surface area contributed by atoms with E-state index in [1.165, 1.54) is 25.7 Å². The number of amides is 1. The summed E-state index contributed by atoms with van der Waals surface area (Å²) in [5.74, 6) is 1.49. The SMILES string of the molecule is COc1ccc(NC(=O)COC2CC(C)CCC2C(C)C)c([N+](=O)[O-])c1. The molecule has 1 N–H and O–H groups in total. The summed E-state index contributed by atoms with van der Waals surface area (Å²) in [5, 5.41) is 13.8. The van der Waals surface area contributed by atoms with Crippen LogP contribution in [0.25, 0.3) is 0 Å². The number of anilines is 1. The highest BCUT2D eigenvalue weighted by Crippen LogP contribution is 2.35. The van der Waals surface area contributed by atoms with Gasteiger partial charge in [-0.25, -0.2) is 0 Å². The maximum atomic E-state index is 12.3. The van der Waals surface area contributed by atoms with E-state index in [9.17, 15) is 14.9 Å². The van der Waals surface area contributed by atoms with Crippen molar-refractivity contribution in [3.8, 4) is 5.75 Å². The summed E-state index contributed by atoms with van der Waals surface area (Å²) in [6.45, 7) is 6.45. The van der Waals surface area contributed by atoms with Crippen molar-refractivity contribution in [2.45, 2.75) is 46.1 Å². The van der Waals surface area contributed by atoms with E-state index in [0.717, 1.165) is 12.8 Å². The first kappa shape index (κ1) is 20.2. The molecule has 0 heterocycles. The van der Waals surface area contributed by atoms with Crippen LogP contribution in [0, 0.1) is 27.9 Å². The number of nitro benzene ring substituents is 1. The van der Waals surface area contributed by atoms with Crippen molar-refractivity contribution in [3.05, 3.63) is 28.3 Å². The van der Waals surface area contributed by atoms with Crippen molar-refractivity contribution in [1.29, 1.82) is 0 Å². The molecule has 3 unspecified atom stereocenters. The highest BCUT2D eigenvalue weighted by molar-refractivity contribution is 5.94. The number of nitrogens with one attached hydrogen (secondary N) is 1. The fourth-order valence-electron chi connectivity index (χ4n) is 3.57. The Morgan fingerprint density at radius 2 is 2.12 bits per heavy atom. The second kappa shape index (κ2) is 8.98. The number of nitrogens with zero attached hydrogens (tertiary/aromatic N) is 1. The number of carbonyl (C=O) groups excluding carboxylic acids is 1. The maximum absolute atomic E-state index is 12.3. The Bertz CT molecular complexity index is 647. The van der Waals surface area contributed by atoms with Crippen LogP contribution in [0.3, 0.4) is 0 Å². The van der Waals surface area contributed by atoms with Crippen molar-refractivity contribution in [2.24, 2.45) is 17.8 Å². The van der Waals surface area contributed by atoms with Gasteiger partial charge >= 0.3 is 0 Å². The topological polar surface area (TPSA) is 90.7 Å². The molecule has 7 heteroatoms. The third kappa shape index (κ3) is 5.17. The molecule has 1 aliphatic rings. The smallest absolute Gasteiger partial charge is 0.296 e. The summed E-state index contributed by atoms with van der Waals surface area (Å²) in [6, 6.07) is 4.32. The monoisotopic (exact) mass is 364 g/mol. The Morgan fingerprint density at radius 3 is 2.73 bits per heavy atom. The van der Waals surface area contributed by atoms with Gasteiger partial charge in [0.25, 0.3) is 11.6 Å². The molecule has 0 saturated heterocycles. The molecule has 0 spiro atoms. The van der Waals surface area contributed by atoms with Crippen molar-refractivity contribution in [1.82, 2.24) is 0 Å². The van der Waals surface area contributed by atoms with E-state index in [1.54, 1.807) is 6.07 Å². The van der Waals surface area contributed by atoms with Crippen LogP contribution in [-0.2, 0) is 9.53 Å². The molecule has 144 valence electrons. The van der Waals surface area contributed by atoms with Gasteiger partial charge in [0.1, 0.15) is 18.0 Å². The largest absolute Gasteiger partial charge is 0.496 e. The van der Waals surface area contributed by atoms with Gasteiger partial charge in [-0.15, -0.1) is 0 Å². The lowest BCUT2D eigenvalue weighted by Crippen LogP contribution is -2.36. The molecule has 0 bridgehead atoms. The van der Waals surface area contributed by atoms with Gasteiger partial charge in [-0.2, -0.15) is 0 Å². The Balaban J connectivity index is 1.99. The number of nitro groups is 1. The lowest BCUT2D eigenvalue weighted by molar-refractivity contribution is -0.384. The van der Waals surface area contributed by atoms with Crippen LogP contribution < -0.4 is 10.1 Å². The Labute approximate surface area is 154 Å². The molecule has 1 saturated carbocycles. The number of hydrogen-bond donors (Lipinski definition) is 1. The maximum Gasteiger partial charge on any atom is 0.296 e. The van der Waals surface area contributed by atoms with E-state index in [0.29, 0.717) is 23.5 Å². The number of benzene rings is 1. The Hall–Kier alpha value is -2.15. The zero-order valence-electron chi connectivity index (χ0n) is 15.9. The predicted octanol–water partition coefficient (Wildman–Crippen LogP) is 4.02. The molecule has 0 aromatic heterocycles. The molecular formula is C19H28N2O5.